The topological polar surface area (TPSA) is 58.2 Å². The van der Waals surface area contributed by atoms with Gasteiger partial charge in [0.25, 0.3) is 5.91 Å². The predicted molar refractivity (Wildman–Crippen MR) is 93.0 cm³/mol. The van der Waals surface area contributed by atoms with Crippen LogP contribution < -0.4 is 10.6 Å². The zero-order valence-electron chi connectivity index (χ0n) is 13.8. The second kappa shape index (κ2) is 5.99. The van der Waals surface area contributed by atoms with Crippen molar-refractivity contribution in [3.63, 3.8) is 0 Å². The third-order valence-electron chi connectivity index (χ3n) is 5.14. The molecule has 0 unspecified atom stereocenters. The Labute approximate surface area is 145 Å². The fourth-order valence-electron chi connectivity index (χ4n) is 3.41. The van der Waals surface area contributed by atoms with Crippen LogP contribution in [0.1, 0.15) is 40.7 Å². The van der Waals surface area contributed by atoms with Crippen molar-refractivity contribution in [2.45, 2.75) is 31.1 Å². The van der Waals surface area contributed by atoms with Crippen molar-refractivity contribution in [3.8, 4) is 0 Å². The van der Waals surface area contributed by atoms with E-state index in [1.807, 2.05) is 12.1 Å². The molecule has 2 aromatic carbocycles. The third kappa shape index (κ3) is 3.14. The van der Waals surface area contributed by atoms with Gasteiger partial charge in [-0.2, -0.15) is 0 Å². The Kier molecular flexibility index (Phi) is 3.79. The standard InChI is InChI=1S/C20H19FN2O2/c21-16-3-1-2-15(11-16)20(8-9-20)12-22-19(25)14-4-6-17-13(10-14)5-7-18(24)23-17/h1-4,6,10-11H,5,7-9,12H2,(H,22,25)(H,23,24). The summed E-state index contributed by atoms with van der Waals surface area (Å²) in [6.07, 6.45) is 3.00. The summed E-state index contributed by atoms with van der Waals surface area (Å²) in [4.78, 5) is 23.9. The molecule has 2 aliphatic rings. The van der Waals surface area contributed by atoms with Crippen LogP contribution in [0.2, 0.25) is 0 Å². The fraction of sp³-hybridized carbons (Fsp3) is 0.300. The van der Waals surface area contributed by atoms with Gasteiger partial charge in [-0.05, 0) is 60.7 Å². The van der Waals surface area contributed by atoms with Gasteiger partial charge in [0, 0.05) is 29.6 Å². The summed E-state index contributed by atoms with van der Waals surface area (Å²) in [5, 5.41) is 5.80. The lowest BCUT2D eigenvalue weighted by Gasteiger charge is -2.19. The van der Waals surface area contributed by atoms with E-state index in [4.69, 9.17) is 0 Å². The summed E-state index contributed by atoms with van der Waals surface area (Å²) in [6, 6.07) is 12.0. The van der Waals surface area contributed by atoms with E-state index >= 15 is 0 Å². The molecule has 25 heavy (non-hydrogen) atoms. The maximum atomic E-state index is 13.5. The number of carbonyl (C=O) groups is 2. The van der Waals surface area contributed by atoms with Crippen LogP contribution in [0.25, 0.3) is 0 Å². The summed E-state index contributed by atoms with van der Waals surface area (Å²) in [5.74, 6) is -0.371. The number of hydrogen-bond acceptors (Lipinski definition) is 2. The van der Waals surface area contributed by atoms with E-state index in [1.165, 1.54) is 6.07 Å². The molecule has 1 fully saturated rings. The van der Waals surface area contributed by atoms with E-state index in [0.29, 0.717) is 24.9 Å². The van der Waals surface area contributed by atoms with E-state index in [1.54, 1.807) is 24.3 Å². The number of benzene rings is 2. The molecule has 4 nitrogen and oxygen atoms in total. The van der Waals surface area contributed by atoms with Crippen LogP contribution in [0.3, 0.4) is 0 Å². The van der Waals surface area contributed by atoms with E-state index in [9.17, 15) is 14.0 Å². The van der Waals surface area contributed by atoms with E-state index in [0.717, 1.165) is 29.7 Å². The molecule has 0 aromatic heterocycles. The number of carbonyl (C=O) groups excluding carboxylic acids is 2. The van der Waals surface area contributed by atoms with Crippen LogP contribution in [0.4, 0.5) is 10.1 Å². The lowest BCUT2D eigenvalue weighted by Crippen LogP contribution is -2.32. The molecule has 2 aromatic rings. The Bertz CT molecular complexity index is 859. The van der Waals surface area contributed by atoms with Gasteiger partial charge in [0.15, 0.2) is 0 Å². The minimum Gasteiger partial charge on any atom is -0.351 e. The SMILES string of the molecule is O=C1CCc2cc(C(=O)NCC3(c4cccc(F)c4)CC3)ccc2N1. The van der Waals surface area contributed by atoms with Gasteiger partial charge < -0.3 is 10.6 Å². The number of nitrogens with one attached hydrogen (secondary N) is 2. The van der Waals surface area contributed by atoms with E-state index in [2.05, 4.69) is 10.6 Å². The van der Waals surface area contributed by atoms with Gasteiger partial charge in [-0.25, -0.2) is 4.39 Å². The van der Waals surface area contributed by atoms with Crippen LogP contribution in [0, 0.1) is 5.82 Å². The molecule has 0 spiro atoms. The van der Waals surface area contributed by atoms with Crippen LogP contribution >= 0.6 is 0 Å². The third-order valence-corrected chi connectivity index (χ3v) is 5.14. The Balaban J connectivity index is 1.45. The summed E-state index contributed by atoms with van der Waals surface area (Å²) < 4.78 is 13.5. The van der Waals surface area contributed by atoms with Crippen molar-refractivity contribution >= 4 is 17.5 Å². The molecule has 1 heterocycles. The largest absolute Gasteiger partial charge is 0.351 e. The summed E-state index contributed by atoms with van der Waals surface area (Å²) in [7, 11) is 0. The first-order valence-corrected chi connectivity index (χ1v) is 8.53. The Morgan fingerprint density at radius 3 is 2.76 bits per heavy atom. The number of hydrogen-bond donors (Lipinski definition) is 2. The highest BCUT2D eigenvalue weighted by Crippen LogP contribution is 2.47. The fourth-order valence-corrected chi connectivity index (χ4v) is 3.41. The zero-order valence-corrected chi connectivity index (χ0v) is 13.8. The molecule has 1 saturated carbocycles. The molecule has 128 valence electrons. The van der Waals surface area contributed by atoms with Crippen molar-refractivity contribution in [1.82, 2.24) is 5.32 Å². The maximum Gasteiger partial charge on any atom is 0.251 e. The van der Waals surface area contributed by atoms with Gasteiger partial charge >= 0.3 is 0 Å². The van der Waals surface area contributed by atoms with Crippen LogP contribution in [0.15, 0.2) is 42.5 Å². The van der Waals surface area contributed by atoms with Crippen LogP contribution in [-0.4, -0.2) is 18.4 Å². The van der Waals surface area contributed by atoms with Gasteiger partial charge in [-0.3, -0.25) is 9.59 Å². The molecule has 1 aliphatic heterocycles. The van der Waals surface area contributed by atoms with Crippen LogP contribution in [0.5, 0.6) is 0 Å². The monoisotopic (exact) mass is 338 g/mol. The highest BCUT2D eigenvalue weighted by Gasteiger charge is 2.44. The first-order valence-electron chi connectivity index (χ1n) is 8.53. The van der Waals surface area contributed by atoms with Gasteiger partial charge in [-0.1, -0.05) is 12.1 Å². The Hall–Kier alpha value is -2.69. The molecule has 0 radical (unpaired) electrons. The summed E-state index contributed by atoms with van der Waals surface area (Å²) in [6.45, 7) is 0.503. The maximum absolute atomic E-state index is 13.5. The molecule has 4 rings (SSSR count). The van der Waals surface area contributed by atoms with Gasteiger partial charge in [-0.15, -0.1) is 0 Å². The quantitative estimate of drug-likeness (QED) is 0.900. The lowest BCUT2D eigenvalue weighted by molar-refractivity contribution is -0.116. The van der Waals surface area contributed by atoms with Crippen molar-refractivity contribution in [1.29, 1.82) is 0 Å². The Morgan fingerprint density at radius 1 is 1.16 bits per heavy atom. The second-order valence-electron chi connectivity index (χ2n) is 6.89. The molecular weight excluding hydrogens is 319 g/mol. The predicted octanol–water partition coefficient (Wildman–Crippen LogP) is 3.17. The van der Waals surface area contributed by atoms with Crippen molar-refractivity contribution in [2.24, 2.45) is 0 Å². The molecule has 0 atom stereocenters. The van der Waals surface area contributed by atoms with Crippen LogP contribution in [-0.2, 0) is 16.6 Å². The molecule has 0 saturated heterocycles. The van der Waals surface area contributed by atoms with Gasteiger partial charge in [0.2, 0.25) is 5.91 Å². The minimum absolute atomic E-state index is 0.00969. The van der Waals surface area contributed by atoms with E-state index < -0.39 is 0 Å². The van der Waals surface area contributed by atoms with Gasteiger partial charge in [0.1, 0.15) is 5.82 Å². The van der Waals surface area contributed by atoms with E-state index in [-0.39, 0.29) is 23.0 Å². The smallest absolute Gasteiger partial charge is 0.251 e. The number of rotatable bonds is 4. The lowest BCUT2D eigenvalue weighted by atomic mass is 9.95. The first kappa shape index (κ1) is 15.8. The average Bonchev–Trinajstić information content (AvgIpc) is 3.40. The number of aryl methyl sites for hydroxylation is 1. The minimum atomic E-state index is -0.244. The van der Waals surface area contributed by atoms with Crippen molar-refractivity contribution in [2.75, 3.05) is 11.9 Å². The average molecular weight is 338 g/mol. The molecule has 2 amide bonds. The number of anilines is 1. The molecule has 0 bridgehead atoms. The summed E-state index contributed by atoms with van der Waals surface area (Å²) in [5.41, 5.74) is 3.16. The summed E-state index contributed by atoms with van der Waals surface area (Å²) >= 11 is 0. The highest BCUT2D eigenvalue weighted by molar-refractivity contribution is 5.98. The molecule has 1 aliphatic carbocycles. The molecular formula is C20H19FN2O2. The second-order valence-corrected chi connectivity index (χ2v) is 6.89. The molecule has 5 heteroatoms. The van der Waals surface area contributed by atoms with Crippen molar-refractivity contribution in [3.05, 3.63) is 65.0 Å². The molecule has 2 N–H and O–H groups in total. The zero-order chi connectivity index (χ0) is 17.4. The normalized spacial score (nSPS) is 17.4. The number of halogens is 1. The first-order chi connectivity index (χ1) is 12.1. The highest BCUT2D eigenvalue weighted by atomic mass is 19.1. The number of fused-ring (bicyclic) bond motifs is 1. The van der Waals surface area contributed by atoms with Gasteiger partial charge in [0.05, 0.1) is 0 Å². The van der Waals surface area contributed by atoms with Crippen molar-refractivity contribution < 1.29 is 14.0 Å². The Morgan fingerprint density at radius 2 is 2.00 bits per heavy atom. The number of amides is 2.